The number of piperazine rings is 1. The Bertz CT molecular complexity index is 1110. The van der Waals surface area contributed by atoms with Crippen LogP contribution in [-0.4, -0.2) is 59.1 Å². The number of urea groups is 1. The molecule has 4 heterocycles. The van der Waals surface area contributed by atoms with Crippen molar-refractivity contribution in [3.05, 3.63) is 54.2 Å². The molecule has 1 fully saturated rings. The molecule has 0 atom stereocenters. The first-order chi connectivity index (χ1) is 15.6. The number of rotatable bonds is 4. The Morgan fingerprint density at radius 3 is 2.56 bits per heavy atom. The Balaban J connectivity index is 1.14. The molecular weight excluding hydrogens is 410 g/mol. The van der Waals surface area contributed by atoms with E-state index in [2.05, 4.69) is 30.7 Å². The number of amides is 2. The van der Waals surface area contributed by atoms with Gasteiger partial charge < -0.3 is 29.9 Å². The van der Waals surface area contributed by atoms with E-state index >= 15 is 0 Å². The van der Waals surface area contributed by atoms with Gasteiger partial charge in [-0.15, -0.1) is 10.2 Å². The largest absolute Gasteiger partial charge is 0.454 e. The molecule has 2 aliphatic rings. The van der Waals surface area contributed by atoms with Crippen LogP contribution in [0.4, 0.5) is 27.9 Å². The smallest absolute Gasteiger partial charge is 0.321 e. The fourth-order valence-electron chi connectivity index (χ4n) is 3.62. The molecule has 3 aromatic rings. The zero-order chi connectivity index (χ0) is 21.9. The third-order valence-corrected chi connectivity index (χ3v) is 5.31. The number of aryl methyl sites for hydroxylation is 1. The van der Waals surface area contributed by atoms with Crippen molar-refractivity contribution in [1.82, 2.24) is 20.1 Å². The van der Waals surface area contributed by atoms with E-state index in [0.29, 0.717) is 49.2 Å². The van der Waals surface area contributed by atoms with Crippen LogP contribution in [0.3, 0.4) is 0 Å². The summed E-state index contributed by atoms with van der Waals surface area (Å²) in [4.78, 5) is 20.9. The van der Waals surface area contributed by atoms with E-state index in [-0.39, 0.29) is 12.8 Å². The zero-order valence-corrected chi connectivity index (χ0v) is 17.6. The summed E-state index contributed by atoms with van der Waals surface area (Å²) in [6, 6.07) is 14.8. The Kier molecular flexibility index (Phi) is 5.32. The number of benzene rings is 1. The van der Waals surface area contributed by atoms with Gasteiger partial charge in [0.2, 0.25) is 6.79 Å². The van der Waals surface area contributed by atoms with Gasteiger partial charge in [0, 0.05) is 43.6 Å². The second-order valence-electron chi connectivity index (χ2n) is 7.54. The summed E-state index contributed by atoms with van der Waals surface area (Å²) < 4.78 is 10.7. The van der Waals surface area contributed by atoms with Crippen molar-refractivity contribution in [2.45, 2.75) is 6.92 Å². The van der Waals surface area contributed by atoms with Crippen LogP contribution in [0.2, 0.25) is 0 Å². The third-order valence-electron chi connectivity index (χ3n) is 5.31. The van der Waals surface area contributed by atoms with E-state index in [4.69, 9.17) is 9.47 Å². The van der Waals surface area contributed by atoms with Gasteiger partial charge in [0.05, 0.1) is 0 Å². The van der Waals surface area contributed by atoms with Gasteiger partial charge in [-0.25, -0.2) is 9.78 Å². The molecule has 32 heavy (non-hydrogen) atoms. The van der Waals surface area contributed by atoms with Crippen molar-refractivity contribution >= 4 is 29.2 Å². The first-order valence-electron chi connectivity index (χ1n) is 10.4. The van der Waals surface area contributed by atoms with Crippen LogP contribution in [0, 0.1) is 6.92 Å². The SMILES string of the molecule is Cc1cccc(Nc2ccc(N3CCN(C(=O)Nc4ccc5c(c4)OCO5)CC3)nn2)n1. The average molecular weight is 433 g/mol. The molecule has 1 saturated heterocycles. The predicted molar refractivity (Wildman–Crippen MR) is 120 cm³/mol. The van der Waals surface area contributed by atoms with Crippen LogP contribution < -0.4 is 25.0 Å². The minimum Gasteiger partial charge on any atom is -0.454 e. The second-order valence-corrected chi connectivity index (χ2v) is 7.54. The van der Waals surface area contributed by atoms with Crippen molar-refractivity contribution in [3.8, 4) is 11.5 Å². The molecule has 0 radical (unpaired) electrons. The number of carbonyl (C=O) groups excluding carboxylic acids is 1. The molecule has 1 aromatic carbocycles. The van der Waals surface area contributed by atoms with Crippen LogP contribution in [0.15, 0.2) is 48.5 Å². The lowest BCUT2D eigenvalue weighted by Crippen LogP contribution is -2.50. The highest BCUT2D eigenvalue weighted by molar-refractivity contribution is 5.90. The lowest BCUT2D eigenvalue weighted by molar-refractivity contribution is 0.174. The number of hydrogen-bond donors (Lipinski definition) is 2. The summed E-state index contributed by atoms with van der Waals surface area (Å²) in [5, 5.41) is 14.7. The molecule has 2 aromatic heterocycles. The Labute approximate surface area is 185 Å². The summed E-state index contributed by atoms with van der Waals surface area (Å²) in [6.07, 6.45) is 0. The molecule has 0 spiro atoms. The van der Waals surface area contributed by atoms with Crippen molar-refractivity contribution in [3.63, 3.8) is 0 Å². The molecule has 164 valence electrons. The van der Waals surface area contributed by atoms with Crippen molar-refractivity contribution in [2.75, 3.05) is 48.5 Å². The van der Waals surface area contributed by atoms with E-state index in [9.17, 15) is 4.79 Å². The van der Waals surface area contributed by atoms with Gasteiger partial charge in [-0.1, -0.05) is 6.07 Å². The fourth-order valence-corrected chi connectivity index (χ4v) is 3.62. The van der Waals surface area contributed by atoms with E-state index in [1.54, 1.807) is 23.1 Å². The highest BCUT2D eigenvalue weighted by atomic mass is 16.7. The van der Waals surface area contributed by atoms with Gasteiger partial charge in [-0.2, -0.15) is 0 Å². The molecule has 0 aliphatic carbocycles. The van der Waals surface area contributed by atoms with Gasteiger partial charge in [-0.3, -0.25) is 0 Å². The number of nitrogens with one attached hydrogen (secondary N) is 2. The Morgan fingerprint density at radius 2 is 1.78 bits per heavy atom. The first kappa shape index (κ1) is 19.9. The molecule has 10 nitrogen and oxygen atoms in total. The number of aromatic nitrogens is 3. The van der Waals surface area contributed by atoms with Crippen LogP contribution in [0.25, 0.3) is 0 Å². The highest BCUT2D eigenvalue weighted by Gasteiger charge is 2.23. The topological polar surface area (TPSA) is 105 Å². The molecule has 10 heteroatoms. The van der Waals surface area contributed by atoms with E-state index < -0.39 is 0 Å². The summed E-state index contributed by atoms with van der Waals surface area (Å²) in [7, 11) is 0. The fraction of sp³-hybridized carbons (Fsp3) is 0.273. The van der Waals surface area contributed by atoms with Crippen molar-refractivity contribution in [1.29, 1.82) is 0 Å². The number of carbonyl (C=O) groups is 1. The van der Waals surface area contributed by atoms with Gasteiger partial charge in [0.25, 0.3) is 0 Å². The third kappa shape index (κ3) is 4.34. The molecule has 2 N–H and O–H groups in total. The highest BCUT2D eigenvalue weighted by Crippen LogP contribution is 2.34. The lowest BCUT2D eigenvalue weighted by Gasteiger charge is -2.35. The first-order valence-corrected chi connectivity index (χ1v) is 10.4. The van der Waals surface area contributed by atoms with Gasteiger partial charge in [0.15, 0.2) is 23.1 Å². The predicted octanol–water partition coefficient (Wildman–Crippen LogP) is 3.01. The van der Waals surface area contributed by atoms with E-state index in [0.717, 1.165) is 17.3 Å². The average Bonchev–Trinajstić information content (AvgIpc) is 3.28. The number of ether oxygens (including phenoxy) is 2. The number of pyridine rings is 1. The molecule has 0 unspecified atom stereocenters. The molecule has 0 saturated carbocycles. The maximum absolute atomic E-state index is 12.6. The molecule has 5 rings (SSSR count). The maximum atomic E-state index is 12.6. The Morgan fingerprint density at radius 1 is 0.938 bits per heavy atom. The van der Waals surface area contributed by atoms with Gasteiger partial charge >= 0.3 is 6.03 Å². The minimum absolute atomic E-state index is 0.139. The minimum atomic E-state index is -0.139. The van der Waals surface area contributed by atoms with Crippen LogP contribution in [0.1, 0.15) is 5.69 Å². The van der Waals surface area contributed by atoms with Crippen molar-refractivity contribution < 1.29 is 14.3 Å². The van der Waals surface area contributed by atoms with Gasteiger partial charge in [0.1, 0.15) is 5.82 Å². The van der Waals surface area contributed by atoms with Crippen LogP contribution in [-0.2, 0) is 0 Å². The molecule has 0 bridgehead atoms. The standard InChI is InChI=1S/C22H23N7O3/c1-15-3-2-4-19(23-15)25-20-7-8-21(27-26-20)28-9-11-29(12-10-28)22(30)24-16-5-6-17-18(13-16)32-14-31-17/h2-8,13H,9-12,14H2,1H3,(H,24,30)(H,23,25,26). The second kappa shape index (κ2) is 8.58. The van der Waals surface area contributed by atoms with Crippen LogP contribution >= 0.6 is 0 Å². The van der Waals surface area contributed by atoms with E-state index in [1.807, 2.05) is 37.3 Å². The maximum Gasteiger partial charge on any atom is 0.321 e. The van der Waals surface area contributed by atoms with Crippen LogP contribution in [0.5, 0.6) is 11.5 Å². The number of hydrogen-bond acceptors (Lipinski definition) is 8. The molecule has 2 aliphatic heterocycles. The summed E-state index contributed by atoms with van der Waals surface area (Å²) in [6.45, 7) is 4.67. The number of anilines is 4. The summed E-state index contributed by atoms with van der Waals surface area (Å²) in [5.41, 5.74) is 1.61. The normalized spacial score (nSPS) is 14.9. The van der Waals surface area contributed by atoms with E-state index in [1.165, 1.54) is 0 Å². The lowest BCUT2D eigenvalue weighted by atomic mass is 10.2. The molecule has 2 amide bonds. The molecular formula is C22H23N7O3. The monoisotopic (exact) mass is 433 g/mol. The van der Waals surface area contributed by atoms with Gasteiger partial charge in [-0.05, 0) is 43.3 Å². The Hall–Kier alpha value is -4.08. The summed E-state index contributed by atoms with van der Waals surface area (Å²) >= 11 is 0. The quantitative estimate of drug-likeness (QED) is 0.647. The summed E-state index contributed by atoms with van der Waals surface area (Å²) in [5.74, 6) is 3.47. The number of fused-ring (bicyclic) bond motifs is 1. The number of nitrogens with zero attached hydrogens (tertiary/aromatic N) is 5. The van der Waals surface area contributed by atoms with Crippen molar-refractivity contribution in [2.24, 2.45) is 0 Å². The zero-order valence-electron chi connectivity index (χ0n) is 17.6.